The van der Waals surface area contributed by atoms with Gasteiger partial charge >= 0.3 is 6.01 Å². The van der Waals surface area contributed by atoms with Crippen molar-refractivity contribution in [2.75, 3.05) is 18.1 Å². The third kappa shape index (κ3) is 5.09. The summed E-state index contributed by atoms with van der Waals surface area (Å²) in [6.07, 6.45) is 1.96. The van der Waals surface area contributed by atoms with Crippen LogP contribution >= 0.6 is 0 Å². The topological polar surface area (TPSA) is 74.4 Å². The molecule has 0 fully saturated rings. The van der Waals surface area contributed by atoms with Gasteiger partial charge in [0.15, 0.2) is 0 Å². The average Bonchev–Trinajstić information content (AvgIpc) is 2.84. The molecule has 0 saturated heterocycles. The minimum absolute atomic E-state index is 0.00872. The predicted octanol–water partition coefficient (Wildman–Crippen LogP) is 1.94. The smallest absolute Gasteiger partial charge is 0.318 e. The molecule has 0 aliphatic rings. The molecule has 0 spiro atoms. The van der Waals surface area contributed by atoms with Crippen molar-refractivity contribution in [2.24, 2.45) is 0 Å². The molecule has 0 aliphatic heterocycles. The van der Waals surface area contributed by atoms with Crippen LogP contribution in [0.3, 0.4) is 0 Å². The Kier molecular flexibility index (Phi) is 6.42. The van der Waals surface area contributed by atoms with Gasteiger partial charge in [-0.3, -0.25) is 0 Å². The van der Waals surface area contributed by atoms with E-state index in [1.807, 2.05) is 4.90 Å². The number of aromatic nitrogens is 2. The van der Waals surface area contributed by atoms with Gasteiger partial charge in [0.05, 0.1) is 13.2 Å². The second-order valence-electron chi connectivity index (χ2n) is 5.97. The molecule has 2 N–H and O–H groups in total. The van der Waals surface area contributed by atoms with Gasteiger partial charge in [-0.2, -0.15) is 0 Å². The molecule has 20 heavy (non-hydrogen) atoms. The predicted molar refractivity (Wildman–Crippen MR) is 79.7 cm³/mol. The molecule has 0 aromatic carbocycles. The van der Waals surface area contributed by atoms with Crippen molar-refractivity contribution < 1.29 is 9.52 Å². The summed E-state index contributed by atoms with van der Waals surface area (Å²) >= 11 is 0. The standard InChI is InChI=1S/C14H28N4O2/c1-6-11(7-2)18(8-9-19)13-17-16-12(20-13)10-15-14(3,4)5/h11,15,19H,6-10H2,1-5H3. The van der Waals surface area contributed by atoms with E-state index in [-0.39, 0.29) is 12.1 Å². The fraction of sp³-hybridized carbons (Fsp3) is 0.857. The van der Waals surface area contributed by atoms with Crippen LogP contribution < -0.4 is 10.2 Å². The number of aliphatic hydroxyl groups excluding tert-OH is 1. The Morgan fingerprint density at radius 1 is 1.25 bits per heavy atom. The zero-order valence-corrected chi connectivity index (χ0v) is 13.3. The molecule has 0 aliphatic carbocycles. The second kappa shape index (κ2) is 7.59. The molecule has 1 heterocycles. The number of aliphatic hydroxyl groups is 1. The molecule has 0 unspecified atom stereocenters. The SMILES string of the molecule is CCC(CC)N(CCO)c1nnc(CNC(C)(C)C)o1. The number of rotatable bonds is 8. The van der Waals surface area contributed by atoms with Crippen LogP contribution in [0.1, 0.15) is 53.4 Å². The normalized spacial score (nSPS) is 12.2. The van der Waals surface area contributed by atoms with Crippen LogP contribution in [0.5, 0.6) is 0 Å². The first-order chi connectivity index (χ1) is 9.41. The molecule has 0 radical (unpaired) electrons. The number of anilines is 1. The lowest BCUT2D eigenvalue weighted by molar-refractivity contribution is 0.290. The molecule has 6 heteroatoms. The van der Waals surface area contributed by atoms with E-state index in [1.165, 1.54) is 0 Å². The van der Waals surface area contributed by atoms with Crippen molar-refractivity contribution in [1.82, 2.24) is 15.5 Å². The van der Waals surface area contributed by atoms with Crippen molar-refractivity contribution in [3.8, 4) is 0 Å². The summed E-state index contributed by atoms with van der Waals surface area (Å²) in [6, 6.07) is 0.810. The summed E-state index contributed by atoms with van der Waals surface area (Å²) < 4.78 is 5.71. The van der Waals surface area contributed by atoms with Gasteiger partial charge in [-0.25, -0.2) is 0 Å². The van der Waals surface area contributed by atoms with E-state index in [2.05, 4.69) is 50.1 Å². The molecule has 0 atom stereocenters. The number of hydrogen-bond acceptors (Lipinski definition) is 6. The summed E-state index contributed by atoms with van der Waals surface area (Å²) in [4.78, 5) is 1.99. The summed E-state index contributed by atoms with van der Waals surface area (Å²) in [5.41, 5.74) is 0.00872. The third-order valence-electron chi connectivity index (χ3n) is 3.20. The third-order valence-corrected chi connectivity index (χ3v) is 3.20. The molecule has 1 rings (SSSR count). The minimum Gasteiger partial charge on any atom is -0.407 e. The summed E-state index contributed by atoms with van der Waals surface area (Å²) in [5.74, 6) is 0.573. The Morgan fingerprint density at radius 3 is 2.40 bits per heavy atom. The van der Waals surface area contributed by atoms with Gasteiger partial charge < -0.3 is 19.7 Å². The summed E-state index contributed by atoms with van der Waals surface area (Å²) in [6.45, 7) is 11.7. The van der Waals surface area contributed by atoms with Crippen LogP contribution in [0.15, 0.2) is 4.42 Å². The van der Waals surface area contributed by atoms with E-state index in [4.69, 9.17) is 4.42 Å². The quantitative estimate of drug-likeness (QED) is 0.760. The van der Waals surface area contributed by atoms with E-state index in [1.54, 1.807) is 0 Å². The van der Waals surface area contributed by atoms with Crippen LogP contribution in [-0.4, -0.2) is 40.0 Å². The number of nitrogens with zero attached hydrogens (tertiary/aromatic N) is 3. The van der Waals surface area contributed by atoms with Crippen molar-refractivity contribution in [2.45, 2.75) is 65.6 Å². The lowest BCUT2D eigenvalue weighted by Crippen LogP contribution is -2.37. The highest BCUT2D eigenvalue weighted by molar-refractivity contribution is 5.26. The molecule has 1 aromatic heterocycles. The maximum atomic E-state index is 9.21. The Morgan fingerprint density at radius 2 is 1.90 bits per heavy atom. The monoisotopic (exact) mass is 284 g/mol. The fourth-order valence-electron chi connectivity index (χ4n) is 2.04. The molecule has 116 valence electrons. The highest BCUT2D eigenvalue weighted by Crippen LogP contribution is 2.19. The van der Waals surface area contributed by atoms with Crippen LogP contribution in [-0.2, 0) is 6.54 Å². The Labute approximate surface area is 121 Å². The lowest BCUT2D eigenvalue weighted by atomic mass is 10.1. The zero-order chi connectivity index (χ0) is 15.2. The van der Waals surface area contributed by atoms with Crippen molar-refractivity contribution >= 4 is 6.01 Å². The Hall–Kier alpha value is -1.14. The highest BCUT2D eigenvalue weighted by atomic mass is 16.4. The van der Waals surface area contributed by atoms with Gasteiger partial charge in [0.25, 0.3) is 0 Å². The number of hydrogen-bond donors (Lipinski definition) is 2. The molecule has 0 saturated carbocycles. The minimum atomic E-state index is 0.00872. The van der Waals surface area contributed by atoms with Crippen LogP contribution in [0.2, 0.25) is 0 Å². The molecule has 0 amide bonds. The van der Waals surface area contributed by atoms with Gasteiger partial charge in [-0.1, -0.05) is 18.9 Å². The molecule has 6 nitrogen and oxygen atoms in total. The van der Waals surface area contributed by atoms with Crippen LogP contribution in [0, 0.1) is 0 Å². The van der Waals surface area contributed by atoms with E-state index in [9.17, 15) is 5.11 Å². The summed E-state index contributed by atoms with van der Waals surface area (Å²) in [7, 11) is 0. The van der Waals surface area contributed by atoms with E-state index >= 15 is 0 Å². The molecular formula is C14H28N4O2. The Balaban J connectivity index is 2.75. The average molecular weight is 284 g/mol. The molecule has 0 bridgehead atoms. The number of nitrogens with one attached hydrogen (secondary N) is 1. The highest BCUT2D eigenvalue weighted by Gasteiger charge is 2.21. The first-order valence-electron chi connectivity index (χ1n) is 7.36. The van der Waals surface area contributed by atoms with E-state index < -0.39 is 0 Å². The fourth-order valence-corrected chi connectivity index (χ4v) is 2.04. The molecule has 1 aromatic rings. The van der Waals surface area contributed by atoms with Gasteiger partial charge in [0.2, 0.25) is 5.89 Å². The van der Waals surface area contributed by atoms with Crippen LogP contribution in [0.25, 0.3) is 0 Å². The van der Waals surface area contributed by atoms with Gasteiger partial charge in [0.1, 0.15) is 0 Å². The Bertz CT molecular complexity index is 383. The van der Waals surface area contributed by atoms with E-state index in [0.29, 0.717) is 31.0 Å². The van der Waals surface area contributed by atoms with Crippen LogP contribution in [0.4, 0.5) is 6.01 Å². The maximum Gasteiger partial charge on any atom is 0.318 e. The zero-order valence-electron chi connectivity index (χ0n) is 13.3. The van der Waals surface area contributed by atoms with Gasteiger partial charge in [-0.05, 0) is 33.6 Å². The first-order valence-corrected chi connectivity index (χ1v) is 7.36. The van der Waals surface area contributed by atoms with Crippen molar-refractivity contribution in [3.05, 3.63) is 5.89 Å². The van der Waals surface area contributed by atoms with Crippen molar-refractivity contribution in [1.29, 1.82) is 0 Å². The first kappa shape index (κ1) is 16.9. The van der Waals surface area contributed by atoms with Crippen molar-refractivity contribution in [3.63, 3.8) is 0 Å². The van der Waals surface area contributed by atoms with E-state index in [0.717, 1.165) is 12.8 Å². The second-order valence-corrected chi connectivity index (χ2v) is 5.97. The van der Waals surface area contributed by atoms with Gasteiger partial charge in [0, 0.05) is 18.1 Å². The molecular weight excluding hydrogens is 256 g/mol. The maximum absolute atomic E-state index is 9.21. The lowest BCUT2D eigenvalue weighted by Gasteiger charge is -2.27. The van der Waals surface area contributed by atoms with Gasteiger partial charge in [-0.15, -0.1) is 5.10 Å². The summed E-state index contributed by atoms with van der Waals surface area (Å²) in [5, 5.41) is 20.7. The largest absolute Gasteiger partial charge is 0.407 e.